The molecule has 0 bridgehead atoms. The number of carbonyl (C=O) groups is 4. The smallest absolute Gasteiger partial charge is 0.462 e. The largest absolute Gasteiger partial charge is 0.472 e. The Labute approximate surface area is 597 Å². The third-order valence-electron chi connectivity index (χ3n) is 17.0. The lowest BCUT2D eigenvalue weighted by Crippen LogP contribution is -2.30. The second-order valence-electron chi connectivity index (χ2n) is 26.7. The fraction of sp³-hybridized carbons (Fsp3) is 0.823. The fourth-order valence-electron chi connectivity index (χ4n) is 10.9. The van der Waals surface area contributed by atoms with E-state index in [0.29, 0.717) is 25.7 Å². The van der Waals surface area contributed by atoms with Crippen LogP contribution in [0, 0.1) is 0 Å². The van der Waals surface area contributed by atoms with E-state index in [9.17, 15) is 43.2 Å². The van der Waals surface area contributed by atoms with Crippen LogP contribution in [0.5, 0.6) is 0 Å². The predicted octanol–water partition coefficient (Wildman–Crippen LogP) is 22.7. The van der Waals surface area contributed by atoms with E-state index >= 15 is 0 Å². The van der Waals surface area contributed by atoms with Gasteiger partial charge in [0.2, 0.25) is 0 Å². The fourth-order valence-corrected chi connectivity index (χ4v) is 12.5. The average Bonchev–Trinajstić information content (AvgIpc) is 1.04. The Balaban J connectivity index is 5.35. The third kappa shape index (κ3) is 71.2. The van der Waals surface area contributed by atoms with Gasteiger partial charge in [-0.05, 0) is 109 Å². The second-order valence-corrected chi connectivity index (χ2v) is 29.6. The monoisotopic (exact) mass is 1430 g/mol. The van der Waals surface area contributed by atoms with Crippen molar-refractivity contribution in [1.29, 1.82) is 0 Å². The van der Waals surface area contributed by atoms with Gasteiger partial charge in [-0.15, -0.1) is 0 Å². The average molecular weight is 1430 g/mol. The first-order chi connectivity index (χ1) is 47.7. The molecule has 19 heteroatoms. The molecule has 0 aromatic heterocycles. The summed E-state index contributed by atoms with van der Waals surface area (Å²) < 4.78 is 68.5. The summed E-state index contributed by atoms with van der Waals surface area (Å²) >= 11 is 0. The first kappa shape index (κ1) is 94.8. The number of ether oxygens (including phenoxy) is 4. The van der Waals surface area contributed by atoms with Crippen LogP contribution in [0.15, 0.2) is 60.8 Å². The van der Waals surface area contributed by atoms with Gasteiger partial charge in [0.05, 0.1) is 26.4 Å². The Morgan fingerprint density at radius 3 is 0.857 bits per heavy atom. The number of rotatable bonds is 75. The SMILES string of the molecule is CCCCC/C=C\C/C=C\CCCCCCCC(=O)O[C@H](COC(=O)CCCCCCC/C=C\CCCCCCCC)COP(=O)(O)OC[C@@H](O)COP(=O)(O)OC[C@@H](COC(=O)CCCCCCCCCCCCCCC)OC(=O)CCCCCCC/C=C\C=C/CCCCCC. The van der Waals surface area contributed by atoms with E-state index in [-0.39, 0.29) is 25.7 Å². The molecule has 17 nitrogen and oxygen atoms in total. The van der Waals surface area contributed by atoms with Gasteiger partial charge in [0.15, 0.2) is 12.2 Å². The van der Waals surface area contributed by atoms with Crippen LogP contribution in [-0.2, 0) is 65.4 Å². The molecular weight excluding hydrogens is 1280 g/mol. The summed E-state index contributed by atoms with van der Waals surface area (Å²) in [6.45, 7) is 4.84. The maximum Gasteiger partial charge on any atom is 0.472 e. The van der Waals surface area contributed by atoms with Crippen LogP contribution in [0.2, 0.25) is 0 Å². The number of unbranched alkanes of at least 4 members (excludes halogenated alkanes) is 40. The Morgan fingerprint density at radius 1 is 0.296 bits per heavy atom. The quantitative estimate of drug-likeness (QED) is 0.0128. The number of hydrogen-bond acceptors (Lipinski definition) is 15. The van der Waals surface area contributed by atoms with Crippen molar-refractivity contribution in [3.05, 3.63) is 60.8 Å². The Bertz CT molecular complexity index is 2100. The number of aliphatic hydroxyl groups excluding tert-OH is 1. The highest BCUT2D eigenvalue weighted by atomic mass is 31.2. The molecular formula is C79H144O17P2. The van der Waals surface area contributed by atoms with Gasteiger partial charge >= 0.3 is 39.5 Å². The predicted molar refractivity (Wildman–Crippen MR) is 400 cm³/mol. The molecule has 0 heterocycles. The maximum absolute atomic E-state index is 13.1. The molecule has 0 aliphatic rings. The van der Waals surface area contributed by atoms with E-state index in [4.69, 9.17) is 37.0 Å². The van der Waals surface area contributed by atoms with Crippen molar-refractivity contribution in [2.45, 2.75) is 380 Å². The van der Waals surface area contributed by atoms with Crippen LogP contribution < -0.4 is 0 Å². The Morgan fingerprint density at radius 2 is 0.531 bits per heavy atom. The molecule has 0 aromatic carbocycles. The standard InChI is InChI=1S/C79H144O17P2/c1-5-9-13-17-21-25-29-33-36-40-44-48-52-56-60-64-77(82)90-70-75(96-79(84)66-62-58-54-50-46-42-38-35-31-27-23-19-15-11-7-3)72-94-98(87,88)92-68-73(80)67-91-97(85,86)93-71-74(69-89-76(81)63-59-55-51-47-43-39-32-28-24-20-16-12-8-4)95-78(83)65-61-57-53-49-45-41-37-34-30-26-22-18-14-10-6-2/h23,26-27,30,33-38,73-75,80H,5-22,24-25,28-29,31-32,39-72H2,1-4H3,(H,85,86)(H,87,88)/b27-23-,30-26-,36-33-,37-34-,38-35-/t73-,74+,75+/m0/s1. The van der Waals surface area contributed by atoms with E-state index < -0.39 is 97.5 Å². The van der Waals surface area contributed by atoms with Gasteiger partial charge in [-0.2, -0.15) is 0 Å². The van der Waals surface area contributed by atoms with Crippen LogP contribution in [0.4, 0.5) is 0 Å². The van der Waals surface area contributed by atoms with Crippen LogP contribution in [0.1, 0.15) is 362 Å². The summed E-state index contributed by atoms with van der Waals surface area (Å²) in [5.41, 5.74) is 0. The Hall–Kier alpha value is -3.24. The molecule has 0 saturated heterocycles. The highest BCUT2D eigenvalue weighted by molar-refractivity contribution is 7.47. The molecule has 0 radical (unpaired) electrons. The van der Waals surface area contributed by atoms with E-state index in [1.165, 1.54) is 141 Å². The molecule has 0 rings (SSSR count). The second kappa shape index (κ2) is 72.1. The normalized spacial score (nSPS) is 14.2. The molecule has 3 N–H and O–H groups in total. The summed E-state index contributed by atoms with van der Waals surface area (Å²) in [5.74, 6) is -2.18. The van der Waals surface area contributed by atoms with Gasteiger partial charge in [-0.3, -0.25) is 37.3 Å². The molecule has 0 aromatic rings. The van der Waals surface area contributed by atoms with Crippen molar-refractivity contribution in [2.75, 3.05) is 39.6 Å². The van der Waals surface area contributed by atoms with Crippen LogP contribution >= 0.6 is 15.6 Å². The zero-order chi connectivity index (χ0) is 71.8. The van der Waals surface area contributed by atoms with Crippen molar-refractivity contribution in [3.63, 3.8) is 0 Å². The molecule has 572 valence electrons. The number of esters is 4. The number of phosphoric acid groups is 2. The van der Waals surface area contributed by atoms with E-state index in [1.54, 1.807) is 0 Å². The highest BCUT2D eigenvalue weighted by Crippen LogP contribution is 2.45. The lowest BCUT2D eigenvalue weighted by molar-refractivity contribution is -0.161. The van der Waals surface area contributed by atoms with Crippen molar-refractivity contribution >= 4 is 39.5 Å². The topological polar surface area (TPSA) is 237 Å². The zero-order valence-corrected chi connectivity index (χ0v) is 64.3. The van der Waals surface area contributed by atoms with E-state index in [1.807, 2.05) is 0 Å². The van der Waals surface area contributed by atoms with Crippen LogP contribution in [0.25, 0.3) is 0 Å². The van der Waals surface area contributed by atoms with Gasteiger partial charge < -0.3 is 33.8 Å². The number of hydrogen-bond donors (Lipinski definition) is 3. The van der Waals surface area contributed by atoms with Gasteiger partial charge in [0.1, 0.15) is 19.3 Å². The van der Waals surface area contributed by atoms with Gasteiger partial charge in [-0.1, -0.05) is 288 Å². The number of carbonyl (C=O) groups excluding carboxylic acids is 4. The zero-order valence-electron chi connectivity index (χ0n) is 62.5. The molecule has 0 spiro atoms. The number of allylic oxidation sites excluding steroid dienone is 10. The first-order valence-corrected chi connectivity index (χ1v) is 42.5. The van der Waals surface area contributed by atoms with Crippen molar-refractivity contribution in [1.82, 2.24) is 0 Å². The van der Waals surface area contributed by atoms with E-state index in [0.717, 1.165) is 141 Å². The van der Waals surface area contributed by atoms with Crippen LogP contribution in [-0.4, -0.2) is 96.7 Å². The minimum atomic E-state index is -4.97. The molecule has 0 saturated carbocycles. The summed E-state index contributed by atoms with van der Waals surface area (Å²) in [6, 6.07) is 0. The number of phosphoric ester groups is 2. The minimum absolute atomic E-state index is 0.0808. The molecule has 0 amide bonds. The van der Waals surface area contributed by atoms with Gasteiger partial charge in [-0.25, -0.2) is 9.13 Å². The Kier molecular flexibility index (Phi) is 69.7. The lowest BCUT2D eigenvalue weighted by Gasteiger charge is -2.21. The molecule has 0 aliphatic heterocycles. The van der Waals surface area contributed by atoms with E-state index in [2.05, 4.69) is 88.5 Å². The summed E-state index contributed by atoms with van der Waals surface area (Å²) in [5, 5.41) is 10.6. The molecule has 0 fully saturated rings. The lowest BCUT2D eigenvalue weighted by atomic mass is 10.0. The van der Waals surface area contributed by atoms with Gasteiger partial charge in [0.25, 0.3) is 0 Å². The molecule has 0 aliphatic carbocycles. The maximum atomic E-state index is 13.1. The van der Waals surface area contributed by atoms with Crippen molar-refractivity contribution in [2.24, 2.45) is 0 Å². The summed E-state index contributed by atoms with van der Waals surface area (Å²) in [6.07, 6.45) is 70.5. The highest BCUT2D eigenvalue weighted by Gasteiger charge is 2.30. The van der Waals surface area contributed by atoms with Gasteiger partial charge in [0, 0.05) is 25.7 Å². The molecule has 98 heavy (non-hydrogen) atoms. The van der Waals surface area contributed by atoms with Crippen molar-refractivity contribution in [3.8, 4) is 0 Å². The summed E-state index contributed by atoms with van der Waals surface area (Å²) in [7, 11) is -9.95. The van der Waals surface area contributed by atoms with Crippen LogP contribution in [0.3, 0.4) is 0 Å². The minimum Gasteiger partial charge on any atom is -0.462 e. The first-order valence-electron chi connectivity index (χ1n) is 39.5. The summed E-state index contributed by atoms with van der Waals surface area (Å²) in [4.78, 5) is 72.9. The number of aliphatic hydroxyl groups is 1. The van der Waals surface area contributed by atoms with Crippen molar-refractivity contribution < 1.29 is 80.2 Å². The molecule has 2 unspecified atom stereocenters. The molecule has 5 atom stereocenters. The third-order valence-corrected chi connectivity index (χ3v) is 18.9.